The maximum absolute atomic E-state index is 13.5. The van der Waals surface area contributed by atoms with E-state index in [0.29, 0.717) is 23.7 Å². The highest BCUT2D eigenvalue weighted by Crippen LogP contribution is 2.38. The van der Waals surface area contributed by atoms with Crippen LogP contribution in [0, 0.1) is 0 Å². The van der Waals surface area contributed by atoms with Crippen LogP contribution in [-0.4, -0.2) is 48.4 Å². The molecule has 2 fully saturated rings. The van der Waals surface area contributed by atoms with E-state index in [-0.39, 0.29) is 29.8 Å². The number of hydrogen-bond acceptors (Lipinski definition) is 4. The van der Waals surface area contributed by atoms with Crippen molar-refractivity contribution in [3.63, 3.8) is 0 Å². The minimum Gasteiger partial charge on any atom is -0.493 e. The standard InChI is InChI=1S/C23H33ClN2O4/c1-3-30-19-13-10-16(14-20(19)29-2)22(26(18-11-12-18)21(27)15-24)23(28)25-17-8-6-4-5-7-9-17/h10,13-14,17-18,22H,3-9,11-12,15H2,1-2H3,(H,25,28)/t22-/m1/s1. The first-order valence-electron chi connectivity index (χ1n) is 11.1. The van der Waals surface area contributed by atoms with Gasteiger partial charge < -0.3 is 19.7 Å². The summed E-state index contributed by atoms with van der Waals surface area (Å²) in [6, 6.07) is 4.94. The van der Waals surface area contributed by atoms with Crippen molar-refractivity contribution in [2.75, 3.05) is 19.6 Å². The molecule has 0 spiro atoms. The lowest BCUT2D eigenvalue weighted by atomic mass is 10.0. The fraction of sp³-hybridized carbons (Fsp3) is 0.652. The number of amides is 2. The van der Waals surface area contributed by atoms with Crippen molar-refractivity contribution in [2.24, 2.45) is 0 Å². The van der Waals surface area contributed by atoms with Crippen molar-refractivity contribution < 1.29 is 19.1 Å². The zero-order valence-corrected chi connectivity index (χ0v) is 18.7. The highest BCUT2D eigenvalue weighted by atomic mass is 35.5. The molecule has 2 saturated carbocycles. The van der Waals surface area contributed by atoms with Crippen molar-refractivity contribution in [2.45, 2.75) is 76.4 Å². The molecule has 30 heavy (non-hydrogen) atoms. The quantitative estimate of drug-likeness (QED) is 0.465. The third-order valence-electron chi connectivity index (χ3n) is 5.87. The number of carbonyl (C=O) groups is 2. The number of halogens is 1. The van der Waals surface area contributed by atoms with Crippen LogP contribution in [0.15, 0.2) is 18.2 Å². The predicted octanol–water partition coefficient (Wildman–Crippen LogP) is 4.20. The maximum Gasteiger partial charge on any atom is 0.247 e. The number of nitrogens with one attached hydrogen (secondary N) is 1. The largest absolute Gasteiger partial charge is 0.493 e. The van der Waals surface area contributed by atoms with E-state index in [0.717, 1.165) is 38.5 Å². The summed E-state index contributed by atoms with van der Waals surface area (Å²) in [4.78, 5) is 27.9. The van der Waals surface area contributed by atoms with Crippen LogP contribution < -0.4 is 14.8 Å². The van der Waals surface area contributed by atoms with Crippen molar-refractivity contribution in [1.29, 1.82) is 0 Å². The molecule has 2 amide bonds. The molecule has 7 heteroatoms. The Bertz CT molecular complexity index is 730. The molecule has 0 saturated heterocycles. The SMILES string of the molecule is CCOc1ccc([C@H](C(=O)NC2CCCCCC2)N(C(=O)CCl)C2CC2)cc1OC. The van der Waals surface area contributed by atoms with Gasteiger partial charge in [0.2, 0.25) is 11.8 Å². The number of benzene rings is 1. The second-order valence-corrected chi connectivity index (χ2v) is 8.38. The van der Waals surface area contributed by atoms with Crippen LogP contribution in [0.2, 0.25) is 0 Å². The van der Waals surface area contributed by atoms with Crippen LogP contribution in [-0.2, 0) is 9.59 Å². The second-order valence-electron chi connectivity index (χ2n) is 8.11. The molecule has 0 heterocycles. The molecule has 0 radical (unpaired) electrons. The Morgan fingerprint density at radius 2 is 1.83 bits per heavy atom. The van der Waals surface area contributed by atoms with Gasteiger partial charge in [-0.25, -0.2) is 0 Å². The predicted molar refractivity (Wildman–Crippen MR) is 117 cm³/mol. The molecule has 1 aromatic carbocycles. The maximum atomic E-state index is 13.5. The first kappa shape index (κ1) is 22.7. The van der Waals surface area contributed by atoms with Gasteiger partial charge in [0.15, 0.2) is 11.5 Å². The third-order valence-corrected chi connectivity index (χ3v) is 6.10. The Morgan fingerprint density at radius 3 is 2.40 bits per heavy atom. The summed E-state index contributed by atoms with van der Waals surface area (Å²) in [5.41, 5.74) is 0.715. The van der Waals surface area contributed by atoms with Crippen molar-refractivity contribution in [3.05, 3.63) is 23.8 Å². The number of hydrogen-bond donors (Lipinski definition) is 1. The van der Waals surface area contributed by atoms with Gasteiger partial charge in [-0.3, -0.25) is 9.59 Å². The first-order chi connectivity index (χ1) is 14.6. The smallest absolute Gasteiger partial charge is 0.247 e. The summed E-state index contributed by atoms with van der Waals surface area (Å²) in [5, 5.41) is 3.23. The molecule has 1 N–H and O–H groups in total. The summed E-state index contributed by atoms with van der Waals surface area (Å²) in [5.74, 6) is 0.674. The van der Waals surface area contributed by atoms with Gasteiger partial charge in [0, 0.05) is 12.1 Å². The zero-order valence-electron chi connectivity index (χ0n) is 18.0. The molecule has 6 nitrogen and oxygen atoms in total. The minimum atomic E-state index is -0.725. The first-order valence-corrected chi connectivity index (χ1v) is 11.6. The highest BCUT2D eigenvalue weighted by molar-refractivity contribution is 6.27. The minimum absolute atomic E-state index is 0.0543. The number of carbonyl (C=O) groups excluding carboxylic acids is 2. The van der Waals surface area contributed by atoms with E-state index >= 15 is 0 Å². The van der Waals surface area contributed by atoms with Crippen LogP contribution >= 0.6 is 11.6 Å². The molecule has 1 atom stereocenters. The van der Waals surface area contributed by atoms with Crippen molar-refractivity contribution >= 4 is 23.4 Å². The molecule has 0 bridgehead atoms. The van der Waals surface area contributed by atoms with E-state index in [9.17, 15) is 9.59 Å². The summed E-state index contributed by atoms with van der Waals surface area (Å²) >= 11 is 5.93. The van der Waals surface area contributed by atoms with Crippen LogP contribution in [0.4, 0.5) is 0 Å². The molecule has 166 valence electrons. The van der Waals surface area contributed by atoms with Crippen LogP contribution in [0.5, 0.6) is 11.5 Å². The molecule has 0 unspecified atom stereocenters. The Morgan fingerprint density at radius 1 is 1.13 bits per heavy atom. The monoisotopic (exact) mass is 436 g/mol. The highest BCUT2D eigenvalue weighted by Gasteiger charge is 2.41. The Hall–Kier alpha value is -1.95. The second kappa shape index (κ2) is 10.9. The Balaban J connectivity index is 1.92. The van der Waals surface area contributed by atoms with E-state index in [1.165, 1.54) is 12.8 Å². The normalized spacial score (nSPS) is 18.2. The van der Waals surface area contributed by atoms with Crippen LogP contribution in [0.1, 0.15) is 69.9 Å². The van der Waals surface area contributed by atoms with E-state index in [1.54, 1.807) is 24.1 Å². The third kappa shape index (κ3) is 5.60. The van der Waals surface area contributed by atoms with Gasteiger partial charge in [-0.1, -0.05) is 31.7 Å². The fourth-order valence-electron chi connectivity index (χ4n) is 4.25. The average molecular weight is 437 g/mol. The van der Waals surface area contributed by atoms with Crippen LogP contribution in [0.25, 0.3) is 0 Å². The summed E-state index contributed by atoms with van der Waals surface area (Å²) in [7, 11) is 1.57. The Kier molecular flexibility index (Phi) is 8.25. The molecule has 2 aliphatic rings. The number of ether oxygens (including phenoxy) is 2. The number of nitrogens with zero attached hydrogens (tertiary/aromatic N) is 1. The van der Waals surface area contributed by atoms with E-state index in [4.69, 9.17) is 21.1 Å². The molecule has 0 aromatic heterocycles. The Labute approximate surface area is 184 Å². The molecule has 3 rings (SSSR count). The molecular weight excluding hydrogens is 404 g/mol. The van der Waals surface area contributed by atoms with Gasteiger partial charge in [-0.2, -0.15) is 0 Å². The molecule has 2 aliphatic carbocycles. The number of methoxy groups -OCH3 is 1. The van der Waals surface area contributed by atoms with Gasteiger partial charge in [0.25, 0.3) is 0 Å². The number of alkyl halides is 1. The van der Waals surface area contributed by atoms with Gasteiger partial charge in [0.1, 0.15) is 11.9 Å². The van der Waals surface area contributed by atoms with E-state index in [1.807, 2.05) is 13.0 Å². The van der Waals surface area contributed by atoms with Crippen molar-refractivity contribution in [1.82, 2.24) is 10.2 Å². The summed E-state index contributed by atoms with van der Waals surface area (Å²) in [6.07, 6.45) is 8.43. The summed E-state index contributed by atoms with van der Waals surface area (Å²) in [6.45, 7) is 2.42. The van der Waals surface area contributed by atoms with Gasteiger partial charge >= 0.3 is 0 Å². The summed E-state index contributed by atoms with van der Waals surface area (Å²) < 4.78 is 11.1. The van der Waals surface area contributed by atoms with Gasteiger partial charge in [-0.05, 0) is 50.3 Å². The lowest BCUT2D eigenvalue weighted by molar-refractivity contribution is -0.140. The average Bonchev–Trinajstić information content (AvgIpc) is 3.60. The van der Waals surface area contributed by atoms with Crippen LogP contribution in [0.3, 0.4) is 0 Å². The van der Waals surface area contributed by atoms with Gasteiger partial charge in [-0.15, -0.1) is 11.6 Å². The molecule has 1 aromatic rings. The molecule has 0 aliphatic heterocycles. The number of rotatable bonds is 9. The van der Waals surface area contributed by atoms with E-state index < -0.39 is 6.04 Å². The lowest BCUT2D eigenvalue weighted by Gasteiger charge is -2.32. The zero-order chi connectivity index (χ0) is 21.5. The van der Waals surface area contributed by atoms with E-state index in [2.05, 4.69) is 5.32 Å². The fourth-order valence-corrected chi connectivity index (χ4v) is 4.39. The topological polar surface area (TPSA) is 67.9 Å². The molecular formula is C23H33ClN2O4. The van der Waals surface area contributed by atoms with Gasteiger partial charge in [0.05, 0.1) is 13.7 Å². The lowest BCUT2D eigenvalue weighted by Crippen LogP contribution is -2.47. The van der Waals surface area contributed by atoms with Crippen molar-refractivity contribution in [3.8, 4) is 11.5 Å².